The molecule has 2 aliphatic rings. The van der Waals surface area contributed by atoms with E-state index in [1.54, 1.807) is 0 Å². The maximum absolute atomic E-state index is 11.7. The third kappa shape index (κ3) is 4.88. The Morgan fingerprint density at radius 3 is 2.43 bits per heavy atom. The van der Waals surface area contributed by atoms with Gasteiger partial charge in [-0.05, 0) is 73.8 Å². The molecule has 0 aliphatic heterocycles. The first-order valence-corrected chi connectivity index (χ1v) is 14.7. The van der Waals surface area contributed by atoms with E-state index in [0.717, 1.165) is 6.42 Å². The quantitative estimate of drug-likeness (QED) is 0.309. The van der Waals surface area contributed by atoms with Crippen molar-refractivity contribution in [3.8, 4) is 0 Å². The first-order valence-electron chi connectivity index (χ1n) is 11.9. The second kappa shape index (κ2) is 9.46. The van der Waals surface area contributed by atoms with Crippen molar-refractivity contribution in [1.82, 2.24) is 0 Å². The van der Waals surface area contributed by atoms with Crippen molar-refractivity contribution >= 4 is 15.0 Å². The average Bonchev–Trinajstić information content (AvgIpc) is 2.92. The third-order valence-corrected chi connectivity index (χ3v) is 9.14. The molecule has 0 saturated heterocycles. The van der Waals surface area contributed by atoms with Crippen LogP contribution in [0.5, 0.6) is 0 Å². The fourth-order valence-corrected chi connectivity index (χ4v) is 8.45. The lowest BCUT2D eigenvalue weighted by Crippen LogP contribution is -2.57. The van der Waals surface area contributed by atoms with Gasteiger partial charge >= 0.3 is 5.97 Å². The highest BCUT2D eigenvalue weighted by Crippen LogP contribution is 2.66. The smallest absolute Gasteiger partial charge is 0.333 e. The number of hydrogen-bond donors (Lipinski definition) is 1. The predicted molar refractivity (Wildman–Crippen MR) is 126 cm³/mol. The molecule has 2 rings (SSSR count). The van der Waals surface area contributed by atoms with E-state index in [0.29, 0.717) is 29.2 Å². The van der Waals surface area contributed by atoms with Crippen LogP contribution < -0.4 is 0 Å². The van der Waals surface area contributed by atoms with E-state index in [9.17, 15) is 9.90 Å². The van der Waals surface area contributed by atoms with Gasteiger partial charge in [-0.2, -0.15) is 0 Å². The molecule has 30 heavy (non-hydrogen) atoms. The molecule has 2 unspecified atom stereocenters. The van der Waals surface area contributed by atoms with Crippen molar-refractivity contribution in [1.29, 1.82) is 0 Å². The largest absolute Gasteiger partial charge is 0.466 e. The van der Waals surface area contributed by atoms with E-state index < -0.39 is 21.1 Å². The van der Waals surface area contributed by atoms with E-state index in [4.69, 9.17) is 9.16 Å². The highest BCUT2D eigenvalue weighted by Gasteiger charge is 2.63. The summed E-state index contributed by atoms with van der Waals surface area (Å²) in [5, 5.41) is 10.8. The van der Waals surface area contributed by atoms with E-state index >= 15 is 0 Å². The van der Waals surface area contributed by atoms with Gasteiger partial charge in [-0.1, -0.05) is 47.6 Å². The number of aliphatic hydroxyl groups excluding tert-OH is 1. The topological polar surface area (TPSA) is 55.8 Å². The van der Waals surface area contributed by atoms with Crippen LogP contribution in [0, 0.1) is 28.6 Å². The number of carbonyl (C=O) groups is 1. The first-order chi connectivity index (χ1) is 13.8. The second-order valence-electron chi connectivity index (χ2n) is 11.6. The molecule has 0 aromatic carbocycles. The molecule has 0 bridgehead atoms. The van der Waals surface area contributed by atoms with E-state index in [1.807, 2.05) is 0 Å². The fourth-order valence-electron chi connectivity index (χ4n) is 6.99. The van der Waals surface area contributed by atoms with E-state index in [1.165, 1.54) is 32.8 Å². The van der Waals surface area contributed by atoms with Crippen molar-refractivity contribution in [3.63, 3.8) is 0 Å². The van der Waals surface area contributed by atoms with Crippen LogP contribution in [0.15, 0.2) is 12.2 Å². The van der Waals surface area contributed by atoms with Crippen LogP contribution in [-0.4, -0.2) is 38.9 Å². The molecule has 0 amide bonds. The highest BCUT2D eigenvalue weighted by atomic mass is 28.3. The average molecular weight is 439 g/mol. The van der Waals surface area contributed by atoms with Gasteiger partial charge in [-0.25, -0.2) is 4.79 Å². The maximum Gasteiger partial charge on any atom is 0.333 e. The summed E-state index contributed by atoms with van der Waals surface area (Å²) in [5.41, 5.74) is 0.596. The summed E-state index contributed by atoms with van der Waals surface area (Å²) in [6.07, 6.45) is 6.36. The SMILES string of the molecule is C=C(C[C@@H](O)C[C@@H](C)[C@]1(O[SiH](C)C)CCC2C(C(C)(C)C)CCC[C@]21C)C(=O)OC. The molecule has 174 valence electrons. The molecule has 6 atom stereocenters. The monoisotopic (exact) mass is 438 g/mol. The Hall–Kier alpha value is -0.653. The van der Waals surface area contributed by atoms with Gasteiger partial charge in [0.15, 0.2) is 9.04 Å². The lowest BCUT2D eigenvalue weighted by molar-refractivity contribution is -0.137. The molecular weight excluding hydrogens is 392 g/mol. The van der Waals surface area contributed by atoms with Gasteiger partial charge in [0, 0.05) is 12.0 Å². The van der Waals surface area contributed by atoms with E-state index in [2.05, 4.69) is 54.3 Å². The molecule has 2 saturated carbocycles. The van der Waals surface area contributed by atoms with Crippen LogP contribution in [0.2, 0.25) is 13.1 Å². The summed E-state index contributed by atoms with van der Waals surface area (Å²) in [4.78, 5) is 11.7. The number of ether oxygens (including phenoxy) is 1. The summed E-state index contributed by atoms with van der Waals surface area (Å²) >= 11 is 0. The zero-order valence-electron chi connectivity index (χ0n) is 20.7. The van der Waals surface area contributed by atoms with Crippen LogP contribution in [0.3, 0.4) is 0 Å². The summed E-state index contributed by atoms with van der Waals surface area (Å²) in [7, 11) is 0.0659. The molecule has 2 aliphatic carbocycles. The summed E-state index contributed by atoms with van der Waals surface area (Å²) in [6.45, 7) is 20.3. The Morgan fingerprint density at radius 2 is 1.90 bits per heavy atom. The third-order valence-electron chi connectivity index (χ3n) is 8.24. The van der Waals surface area contributed by atoms with Crippen molar-refractivity contribution < 1.29 is 19.1 Å². The molecule has 0 aromatic heterocycles. The lowest BCUT2D eigenvalue weighted by atomic mass is 9.53. The highest BCUT2D eigenvalue weighted by molar-refractivity contribution is 6.48. The minimum atomic E-state index is -1.29. The number of rotatable bonds is 8. The molecule has 5 heteroatoms. The van der Waals surface area contributed by atoms with Gasteiger partial charge in [0.25, 0.3) is 0 Å². The van der Waals surface area contributed by atoms with Crippen LogP contribution in [-0.2, 0) is 14.0 Å². The molecule has 1 N–H and O–H groups in total. The Morgan fingerprint density at radius 1 is 1.27 bits per heavy atom. The Bertz CT molecular complexity index is 625. The first kappa shape index (κ1) is 25.6. The van der Waals surface area contributed by atoms with Gasteiger partial charge < -0.3 is 14.3 Å². The minimum Gasteiger partial charge on any atom is -0.466 e. The Labute approximate surface area is 186 Å². The zero-order chi connectivity index (χ0) is 22.9. The number of methoxy groups -OCH3 is 1. The normalized spacial score (nSPS) is 33.8. The second-order valence-corrected chi connectivity index (χ2v) is 13.9. The fraction of sp³-hybridized carbons (Fsp3) is 0.880. The molecule has 2 fully saturated rings. The number of fused-ring (bicyclic) bond motifs is 1. The minimum absolute atomic E-state index is 0.138. The van der Waals surface area contributed by atoms with Crippen molar-refractivity contribution in [3.05, 3.63) is 12.2 Å². The van der Waals surface area contributed by atoms with Gasteiger partial charge in [-0.15, -0.1) is 0 Å². The summed E-state index contributed by atoms with van der Waals surface area (Å²) in [6, 6.07) is 0. The number of esters is 1. The molecule has 4 nitrogen and oxygen atoms in total. The Kier molecular flexibility index (Phi) is 8.07. The summed E-state index contributed by atoms with van der Waals surface area (Å²) in [5.74, 6) is 1.17. The maximum atomic E-state index is 11.7. The van der Waals surface area contributed by atoms with Gasteiger partial charge in [0.1, 0.15) is 0 Å². The number of hydrogen-bond acceptors (Lipinski definition) is 4. The van der Waals surface area contributed by atoms with Gasteiger partial charge in [-0.3, -0.25) is 0 Å². The Balaban J connectivity index is 2.29. The molecular formula is C25H46O4Si. The van der Waals surface area contributed by atoms with Crippen molar-refractivity contribution in [2.24, 2.45) is 28.6 Å². The standard InChI is InChI=1S/C25H46O4Si/c1-17(22(27)28-7)15-19(26)16-18(2)25(29-30(8)9)14-12-21-20(23(3,4)5)11-10-13-24(21,25)6/h18-21,26,30H,1,10-16H2,2-9H3/t18-,19-,20?,21?,24-,25-/m1/s1. The molecule has 0 radical (unpaired) electrons. The zero-order valence-corrected chi connectivity index (χ0v) is 21.9. The van der Waals surface area contributed by atoms with Crippen molar-refractivity contribution in [2.45, 2.75) is 104 Å². The van der Waals surface area contributed by atoms with E-state index in [-0.39, 0.29) is 23.4 Å². The van der Waals surface area contributed by atoms with Crippen LogP contribution in [0.1, 0.15) is 79.6 Å². The van der Waals surface area contributed by atoms with Crippen LogP contribution in [0.25, 0.3) is 0 Å². The summed E-state index contributed by atoms with van der Waals surface area (Å²) < 4.78 is 11.7. The number of aliphatic hydroxyl groups is 1. The predicted octanol–water partition coefficient (Wildman–Crippen LogP) is 5.49. The molecule has 0 spiro atoms. The van der Waals surface area contributed by atoms with Gasteiger partial charge in [0.05, 0.1) is 18.8 Å². The van der Waals surface area contributed by atoms with Crippen LogP contribution in [0.4, 0.5) is 0 Å². The molecule has 0 heterocycles. The lowest BCUT2D eigenvalue weighted by Gasteiger charge is -2.56. The van der Waals surface area contributed by atoms with Crippen LogP contribution >= 0.6 is 0 Å². The van der Waals surface area contributed by atoms with Gasteiger partial charge in [0.2, 0.25) is 0 Å². The molecule has 0 aromatic rings. The number of carbonyl (C=O) groups excluding carboxylic acids is 1. The van der Waals surface area contributed by atoms with Crippen molar-refractivity contribution in [2.75, 3.05) is 7.11 Å².